The first kappa shape index (κ1) is 19.1. The molecule has 2 N–H and O–H groups in total. The van der Waals surface area contributed by atoms with Gasteiger partial charge in [0.05, 0.1) is 0 Å². The molecule has 0 bridgehead atoms. The summed E-state index contributed by atoms with van der Waals surface area (Å²) in [4.78, 5) is 40.4. The lowest BCUT2D eigenvalue weighted by Gasteiger charge is -2.32. The maximum absolute atomic E-state index is 12.8. The van der Waals surface area contributed by atoms with Gasteiger partial charge in [0.15, 0.2) is 0 Å². The second-order valence-electron chi connectivity index (χ2n) is 8.19. The van der Waals surface area contributed by atoms with Crippen molar-refractivity contribution in [3.63, 3.8) is 0 Å². The fourth-order valence-electron chi connectivity index (χ4n) is 4.73. The van der Waals surface area contributed by atoms with Gasteiger partial charge in [-0.15, -0.1) is 0 Å². The van der Waals surface area contributed by atoms with Crippen molar-refractivity contribution in [1.29, 1.82) is 0 Å². The second-order valence-corrected chi connectivity index (χ2v) is 8.19. The van der Waals surface area contributed by atoms with Gasteiger partial charge in [0.25, 0.3) is 5.91 Å². The molecule has 150 valence electrons. The maximum atomic E-state index is 12.8. The molecule has 2 fully saturated rings. The Kier molecular flexibility index (Phi) is 5.46. The van der Waals surface area contributed by atoms with Gasteiger partial charge < -0.3 is 10.2 Å². The van der Waals surface area contributed by atoms with Gasteiger partial charge in [0.2, 0.25) is 11.8 Å². The Morgan fingerprint density at radius 2 is 2.07 bits per heavy atom. The van der Waals surface area contributed by atoms with Crippen LogP contribution in [0.5, 0.6) is 0 Å². The number of imide groups is 1. The number of nitrogens with one attached hydrogen (secondary N) is 2. The van der Waals surface area contributed by atoms with E-state index in [1.54, 1.807) is 4.90 Å². The molecule has 7 nitrogen and oxygen atoms in total. The highest BCUT2D eigenvalue weighted by molar-refractivity contribution is 6.05. The first-order valence-electron chi connectivity index (χ1n) is 10.2. The molecule has 3 amide bonds. The van der Waals surface area contributed by atoms with Crippen molar-refractivity contribution in [3.8, 4) is 0 Å². The van der Waals surface area contributed by atoms with E-state index in [0.29, 0.717) is 24.4 Å². The van der Waals surface area contributed by atoms with Crippen molar-refractivity contribution in [3.05, 3.63) is 34.9 Å². The first-order valence-corrected chi connectivity index (χ1v) is 10.2. The number of fused-ring (bicyclic) bond motifs is 1. The minimum atomic E-state index is -0.551. The van der Waals surface area contributed by atoms with E-state index in [-0.39, 0.29) is 24.1 Å². The minimum Gasteiger partial charge on any atom is -0.322 e. The van der Waals surface area contributed by atoms with E-state index in [0.717, 1.165) is 31.7 Å². The Morgan fingerprint density at radius 1 is 1.21 bits per heavy atom. The summed E-state index contributed by atoms with van der Waals surface area (Å²) in [6, 6.07) is 5.49. The third-order valence-corrected chi connectivity index (χ3v) is 6.09. The normalized spacial score (nSPS) is 25.8. The van der Waals surface area contributed by atoms with Crippen molar-refractivity contribution in [1.82, 2.24) is 20.4 Å². The molecule has 2 saturated heterocycles. The van der Waals surface area contributed by atoms with Gasteiger partial charge in [-0.05, 0) is 62.5 Å². The van der Waals surface area contributed by atoms with E-state index in [9.17, 15) is 14.4 Å². The molecule has 0 aromatic heterocycles. The molecule has 7 heteroatoms. The Hall–Kier alpha value is -2.25. The average Bonchev–Trinajstić information content (AvgIpc) is 2.98. The van der Waals surface area contributed by atoms with Crippen LogP contribution in [0.15, 0.2) is 18.2 Å². The molecule has 3 aliphatic heterocycles. The summed E-state index contributed by atoms with van der Waals surface area (Å²) >= 11 is 0. The summed E-state index contributed by atoms with van der Waals surface area (Å²) in [5, 5.41) is 5.63. The highest BCUT2D eigenvalue weighted by Crippen LogP contribution is 2.29. The lowest BCUT2D eigenvalue weighted by Crippen LogP contribution is -2.52. The Bertz CT molecular complexity index is 792. The molecular weight excluding hydrogens is 356 g/mol. The van der Waals surface area contributed by atoms with Crippen LogP contribution in [-0.2, 0) is 22.7 Å². The van der Waals surface area contributed by atoms with Gasteiger partial charge >= 0.3 is 0 Å². The zero-order chi connectivity index (χ0) is 19.7. The Balaban J connectivity index is 1.44. The molecule has 3 aliphatic rings. The highest BCUT2D eigenvalue weighted by atomic mass is 16.2. The van der Waals surface area contributed by atoms with Gasteiger partial charge in [-0.2, -0.15) is 0 Å². The number of hydrogen-bond donors (Lipinski definition) is 2. The minimum absolute atomic E-state index is 0.108. The second kappa shape index (κ2) is 8.01. The molecule has 1 aromatic rings. The van der Waals surface area contributed by atoms with E-state index in [1.807, 2.05) is 19.2 Å². The summed E-state index contributed by atoms with van der Waals surface area (Å²) in [7, 11) is 2.00. The number of carbonyl (C=O) groups excluding carboxylic acids is 3. The lowest BCUT2D eigenvalue weighted by molar-refractivity contribution is -0.136. The standard InChI is InChI=1S/C21H28N4O3/c1-22-10-15-3-2-8-24(12-15)11-14-4-5-17-16(9-14)13-25(21(17)28)18-6-7-19(26)23-20(18)27/h4-5,9,15,18,22H,2-3,6-8,10-13H2,1H3,(H,23,26,27). The molecule has 0 spiro atoms. The fourth-order valence-corrected chi connectivity index (χ4v) is 4.73. The summed E-state index contributed by atoms with van der Waals surface area (Å²) in [6.07, 6.45) is 3.18. The molecule has 28 heavy (non-hydrogen) atoms. The van der Waals surface area contributed by atoms with Gasteiger partial charge in [0, 0.05) is 31.6 Å². The van der Waals surface area contributed by atoms with Crippen LogP contribution in [0.3, 0.4) is 0 Å². The number of rotatable bonds is 5. The van der Waals surface area contributed by atoms with E-state index < -0.39 is 6.04 Å². The molecule has 0 radical (unpaired) electrons. The van der Waals surface area contributed by atoms with E-state index in [4.69, 9.17) is 0 Å². The number of hydrogen-bond acceptors (Lipinski definition) is 5. The van der Waals surface area contributed by atoms with Gasteiger partial charge in [0.1, 0.15) is 6.04 Å². The van der Waals surface area contributed by atoms with Crippen LogP contribution in [0.1, 0.15) is 47.2 Å². The van der Waals surface area contributed by atoms with E-state index >= 15 is 0 Å². The highest BCUT2D eigenvalue weighted by Gasteiger charge is 2.39. The predicted molar refractivity (Wildman–Crippen MR) is 104 cm³/mol. The van der Waals surface area contributed by atoms with Crippen molar-refractivity contribution >= 4 is 17.7 Å². The molecule has 4 rings (SSSR count). The summed E-state index contributed by atoms with van der Waals surface area (Å²) in [5.41, 5.74) is 2.87. The molecule has 2 atom stereocenters. The van der Waals surface area contributed by atoms with E-state index in [1.165, 1.54) is 18.4 Å². The largest absolute Gasteiger partial charge is 0.322 e. The quantitative estimate of drug-likeness (QED) is 0.737. The number of likely N-dealkylation sites (tertiary alicyclic amines) is 1. The molecule has 0 aliphatic carbocycles. The topological polar surface area (TPSA) is 81.8 Å². The molecule has 2 unspecified atom stereocenters. The lowest BCUT2D eigenvalue weighted by atomic mass is 9.97. The number of amides is 3. The number of nitrogens with zero attached hydrogens (tertiary/aromatic N) is 2. The zero-order valence-electron chi connectivity index (χ0n) is 16.4. The average molecular weight is 384 g/mol. The van der Waals surface area contributed by atoms with Crippen LogP contribution in [0.4, 0.5) is 0 Å². The smallest absolute Gasteiger partial charge is 0.255 e. The van der Waals surface area contributed by atoms with Crippen LogP contribution < -0.4 is 10.6 Å². The zero-order valence-corrected chi connectivity index (χ0v) is 16.4. The van der Waals surface area contributed by atoms with Crippen LogP contribution in [-0.4, -0.2) is 60.2 Å². The fraction of sp³-hybridized carbons (Fsp3) is 0.571. The third-order valence-electron chi connectivity index (χ3n) is 6.09. The molecular formula is C21H28N4O3. The van der Waals surface area contributed by atoms with Gasteiger partial charge in [-0.3, -0.25) is 24.6 Å². The van der Waals surface area contributed by atoms with Crippen LogP contribution in [0, 0.1) is 5.92 Å². The monoisotopic (exact) mass is 384 g/mol. The Labute approximate surface area is 165 Å². The number of benzene rings is 1. The van der Waals surface area contributed by atoms with Crippen molar-refractivity contribution in [2.24, 2.45) is 5.92 Å². The van der Waals surface area contributed by atoms with E-state index in [2.05, 4.69) is 21.6 Å². The molecule has 1 aromatic carbocycles. The van der Waals surface area contributed by atoms with Gasteiger partial charge in [-0.25, -0.2) is 0 Å². The summed E-state index contributed by atoms with van der Waals surface area (Å²) in [6.45, 7) is 4.59. The number of carbonyl (C=O) groups is 3. The van der Waals surface area contributed by atoms with Crippen LogP contribution >= 0.6 is 0 Å². The summed E-state index contributed by atoms with van der Waals surface area (Å²) < 4.78 is 0. The first-order chi connectivity index (χ1) is 13.5. The number of piperidine rings is 2. The van der Waals surface area contributed by atoms with Crippen molar-refractivity contribution < 1.29 is 14.4 Å². The van der Waals surface area contributed by atoms with Crippen LogP contribution in [0.2, 0.25) is 0 Å². The van der Waals surface area contributed by atoms with Crippen LogP contribution in [0.25, 0.3) is 0 Å². The van der Waals surface area contributed by atoms with Crippen molar-refractivity contribution in [2.45, 2.75) is 44.8 Å². The third kappa shape index (κ3) is 3.82. The molecule has 3 heterocycles. The van der Waals surface area contributed by atoms with Gasteiger partial charge in [-0.1, -0.05) is 12.1 Å². The Morgan fingerprint density at radius 3 is 2.86 bits per heavy atom. The van der Waals surface area contributed by atoms with Crippen molar-refractivity contribution in [2.75, 3.05) is 26.7 Å². The maximum Gasteiger partial charge on any atom is 0.255 e. The SMILES string of the molecule is CNCC1CCCN(Cc2ccc3c(c2)CN(C2CCC(=O)NC2=O)C3=O)C1. The molecule has 0 saturated carbocycles. The predicted octanol–water partition coefficient (Wildman–Crippen LogP) is 0.879. The summed E-state index contributed by atoms with van der Waals surface area (Å²) in [5.74, 6) is -0.0341.